The van der Waals surface area contributed by atoms with Gasteiger partial charge in [0.15, 0.2) is 0 Å². The van der Waals surface area contributed by atoms with E-state index >= 15 is 0 Å². The molecule has 0 amide bonds. The average Bonchev–Trinajstić information content (AvgIpc) is 2.17. The summed E-state index contributed by atoms with van der Waals surface area (Å²) in [4.78, 5) is 11.9. The molecule has 0 heterocycles. The van der Waals surface area contributed by atoms with Crippen LogP contribution in [0.5, 0.6) is 0 Å². The van der Waals surface area contributed by atoms with Crippen LogP contribution in [0.1, 0.15) is 65.7 Å². The van der Waals surface area contributed by atoms with Crippen LogP contribution >= 0.6 is 0 Å². The summed E-state index contributed by atoms with van der Waals surface area (Å²) in [6.45, 7) is 6.74. The van der Waals surface area contributed by atoms with Gasteiger partial charge in [-0.2, -0.15) is 0 Å². The zero-order valence-electron chi connectivity index (χ0n) is 10.6. The van der Waals surface area contributed by atoms with E-state index in [0.29, 0.717) is 11.7 Å². The lowest BCUT2D eigenvalue weighted by molar-refractivity contribution is -0.124. The van der Waals surface area contributed by atoms with Crippen LogP contribution in [0.15, 0.2) is 0 Å². The lowest BCUT2D eigenvalue weighted by atomic mass is 9.79. The van der Waals surface area contributed by atoms with E-state index in [1.54, 1.807) is 0 Å². The molecule has 0 radical (unpaired) electrons. The van der Waals surface area contributed by atoms with Crippen LogP contribution in [0.25, 0.3) is 0 Å². The number of ketones is 1. The summed E-state index contributed by atoms with van der Waals surface area (Å²) in [6.07, 6.45) is 8.04. The molecule has 0 aromatic heterocycles. The molecule has 2 unspecified atom stereocenters. The molecule has 1 saturated carbocycles. The summed E-state index contributed by atoms with van der Waals surface area (Å²) in [6, 6.07) is 0. The highest BCUT2D eigenvalue weighted by Gasteiger charge is 2.24. The Balaban J connectivity index is 2.21. The highest BCUT2D eigenvalue weighted by atomic mass is 16.1. The molecule has 1 nitrogen and oxygen atoms in total. The molecule has 0 saturated heterocycles. The minimum atomic E-state index is 0.404. The molecule has 0 bridgehead atoms. The monoisotopic (exact) mass is 210 g/mol. The first-order valence-electron chi connectivity index (χ1n) is 6.62. The van der Waals surface area contributed by atoms with Crippen molar-refractivity contribution in [1.82, 2.24) is 0 Å². The van der Waals surface area contributed by atoms with Crippen molar-refractivity contribution in [2.45, 2.75) is 65.7 Å². The van der Waals surface area contributed by atoms with Crippen molar-refractivity contribution >= 4 is 5.78 Å². The van der Waals surface area contributed by atoms with Gasteiger partial charge in [0.25, 0.3) is 0 Å². The number of hydrogen-bond acceptors (Lipinski definition) is 1. The maximum absolute atomic E-state index is 11.9. The third-order valence-electron chi connectivity index (χ3n) is 3.60. The third kappa shape index (κ3) is 4.81. The van der Waals surface area contributed by atoms with Crippen molar-refractivity contribution in [3.63, 3.8) is 0 Å². The predicted octanol–water partition coefficient (Wildman–Crippen LogP) is 4.21. The molecule has 1 heteroatoms. The molecule has 0 aromatic rings. The molecule has 1 fully saturated rings. The number of rotatable bonds is 5. The van der Waals surface area contributed by atoms with Gasteiger partial charge in [0.1, 0.15) is 5.78 Å². The Morgan fingerprint density at radius 2 is 2.07 bits per heavy atom. The molecule has 2 atom stereocenters. The normalized spacial score (nSPS) is 26.9. The number of carbonyl (C=O) groups is 1. The molecular weight excluding hydrogens is 184 g/mol. The van der Waals surface area contributed by atoms with Crippen LogP contribution in [-0.4, -0.2) is 5.78 Å². The third-order valence-corrected chi connectivity index (χ3v) is 3.60. The van der Waals surface area contributed by atoms with Crippen LogP contribution < -0.4 is 0 Å². The standard InChI is InChI=1S/C14H26O/c1-11(2)6-4-9-14(15)13-8-5-7-12(3)10-13/h11-13H,4-10H2,1-3H3. The minimum absolute atomic E-state index is 0.404. The minimum Gasteiger partial charge on any atom is -0.299 e. The van der Waals surface area contributed by atoms with Crippen LogP contribution in [0.3, 0.4) is 0 Å². The lowest BCUT2D eigenvalue weighted by Crippen LogP contribution is -2.21. The molecule has 1 aliphatic carbocycles. The molecule has 1 aliphatic rings. The SMILES string of the molecule is CC(C)CCCC(=O)C1CCCC(C)C1. The van der Waals surface area contributed by atoms with Gasteiger partial charge in [-0.25, -0.2) is 0 Å². The fourth-order valence-electron chi connectivity index (χ4n) is 2.62. The van der Waals surface area contributed by atoms with Crippen LogP contribution in [0.2, 0.25) is 0 Å². The average molecular weight is 210 g/mol. The van der Waals surface area contributed by atoms with Crippen molar-refractivity contribution in [1.29, 1.82) is 0 Å². The summed E-state index contributed by atoms with van der Waals surface area (Å²) in [7, 11) is 0. The molecule has 15 heavy (non-hydrogen) atoms. The molecule has 1 rings (SSSR count). The number of carbonyl (C=O) groups excluding carboxylic acids is 1. The summed E-state index contributed by atoms with van der Waals surface area (Å²) < 4.78 is 0. The van der Waals surface area contributed by atoms with E-state index < -0.39 is 0 Å². The van der Waals surface area contributed by atoms with Gasteiger partial charge < -0.3 is 0 Å². The zero-order valence-corrected chi connectivity index (χ0v) is 10.6. The predicted molar refractivity (Wildman–Crippen MR) is 64.8 cm³/mol. The molecule has 0 aliphatic heterocycles. The Bertz CT molecular complexity index is 196. The van der Waals surface area contributed by atoms with Crippen molar-refractivity contribution in [2.75, 3.05) is 0 Å². The fourth-order valence-corrected chi connectivity index (χ4v) is 2.62. The van der Waals surface area contributed by atoms with Crippen LogP contribution in [0, 0.1) is 17.8 Å². The highest BCUT2D eigenvalue weighted by Crippen LogP contribution is 2.30. The van der Waals surface area contributed by atoms with Crippen molar-refractivity contribution in [3.8, 4) is 0 Å². The summed E-state index contributed by atoms with van der Waals surface area (Å²) in [5.41, 5.74) is 0. The second-order valence-corrected chi connectivity index (χ2v) is 5.72. The van der Waals surface area contributed by atoms with E-state index in [9.17, 15) is 4.79 Å². The van der Waals surface area contributed by atoms with Gasteiger partial charge in [-0.05, 0) is 31.1 Å². The van der Waals surface area contributed by atoms with Gasteiger partial charge in [0, 0.05) is 12.3 Å². The van der Waals surface area contributed by atoms with E-state index in [4.69, 9.17) is 0 Å². The van der Waals surface area contributed by atoms with E-state index in [2.05, 4.69) is 20.8 Å². The fraction of sp³-hybridized carbons (Fsp3) is 0.929. The summed E-state index contributed by atoms with van der Waals surface area (Å²) >= 11 is 0. The second kappa shape index (κ2) is 6.30. The van der Waals surface area contributed by atoms with Gasteiger partial charge in [-0.15, -0.1) is 0 Å². The van der Waals surface area contributed by atoms with Crippen molar-refractivity contribution < 1.29 is 4.79 Å². The zero-order chi connectivity index (χ0) is 11.3. The maximum Gasteiger partial charge on any atom is 0.135 e. The van der Waals surface area contributed by atoms with Gasteiger partial charge in [0.05, 0.1) is 0 Å². The Labute approximate surface area is 94.6 Å². The quantitative estimate of drug-likeness (QED) is 0.664. The topological polar surface area (TPSA) is 17.1 Å². The Kier molecular flexibility index (Phi) is 5.35. The van der Waals surface area contributed by atoms with Crippen LogP contribution in [-0.2, 0) is 4.79 Å². The van der Waals surface area contributed by atoms with E-state index in [0.717, 1.165) is 37.5 Å². The Hall–Kier alpha value is -0.330. The Morgan fingerprint density at radius 3 is 2.67 bits per heavy atom. The second-order valence-electron chi connectivity index (χ2n) is 5.72. The van der Waals surface area contributed by atoms with E-state index in [1.807, 2.05) is 0 Å². The van der Waals surface area contributed by atoms with Crippen LogP contribution in [0.4, 0.5) is 0 Å². The number of hydrogen-bond donors (Lipinski definition) is 0. The van der Waals surface area contributed by atoms with Gasteiger partial charge in [-0.1, -0.05) is 40.0 Å². The molecule has 0 N–H and O–H groups in total. The summed E-state index contributed by atoms with van der Waals surface area (Å²) in [5.74, 6) is 2.46. The highest BCUT2D eigenvalue weighted by molar-refractivity contribution is 5.81. The van der Waals surface area contributed by atoms with Gasteiger partial charge >= 0.3 is 0 Å². The van der Waals surface area contributed by atoms with E-state index in [1.165, 1.54) is 19.3 Å². The molecule has 88 valence electrons. The maximum atomic E-state index is 11.9. The first kappa shape index (κ1) is 12.7. The van der Waals surface area contributed by atoms with Crippen molar-refractivity contribution in [2.24, 2.45) is 17.8 Å². The van der Waals surface area contributed by atoms with Gasteiger partial charge in [-0.3, -0.25) is 4.79 Å². The largest absolute Gasteiger partial charge is 0.299 e. The van der Waals surface area contributed by atoms with E-state index in [-0.39, 0.29) is 0 Å². The number of Topliss-reactive ketones (excluding diaryl/α,β-unsaturated/α-hetero) is 1. The van der Waals surface area contributed by atoms with Crippen molar-refractivity contribution in [3.05, 3.63) is 0 Å². The first-order chi connectivity index (χ1) is 7.09. The molecule has 0 aromatic carbocycles. The Morgan fingerprint density at radius 1 is 1.33 bits per heavy atom. The lowest BCUT2D eigenvalue weighted by Gasteiger charge is -2.25. The summed E-state index contributed by atoms with van der Waals surface area (Å²) in [5, 5.41) is 0. The molecular formula is C14H26O. The van der Waals surface area contributed by atoms with Gasteiger partial charge in [0.2, 0.25) is 0 Å². The smallest absolute Gasteiger partial charge is 0.135 e. The first-order valence-corrected chi connectivity index (χ1v) is 6.62. The molecule has 0 spiro atoms.